The van der Waals surface area contributed by atoms with Crippen LogP contribution in [0.2, 0.25) is 0 Å². The number of thiophene rings is 1. The molecule has 32 heavy (non-hydrogen) atoms. The van der Waals surface area contributed by atoms with Crippen LogP contribution in [0.5, 0.6) is 0 Å². The molecule has 7 rings (SSSR count). The normalized spacial score (nSPS) is 12.4. The van der Waals surface area contributed by atoms with Gasteiger partial charge in [0.15, 0.2) is 0 Å². The molecule has 0 bridgehead atoms. The molecule has 0 saturated heterocycles. The molecule has 3 heteroatoms. The van der Waals surface area contributed by atoms with Gasteiger partial charge in [-0.2, -0.15) is 0 Å². The summed E-state index contributed by atoms with van der Waals surface area (Å²) in [6, 6.07) is 35.6. The molecule has 2 heterocycles. The minimum absolute atomic E-state index is 0.982. The van der Waals surface area contributed by atoms with Gasteiger partial charge in [-0.05, 0) is 92.6 Å². The van der Waals surface area contributed by atoms with E-state index in [9.17, 15) is 0 Å². The molecule has 0 atom stereocenters. The molecule has 6 aromatic rings. The zero-order valence-corrected chi connectivity index (χ0v) is 19.6. The molecule has 0 aliphatic heterocycles. The van der Waals surface area contributed by atoms with E-state index in [1.165, 1.54) is 64.0 Å². The number of aromatic nitrogens is 1. The fraction of sp³-hybridized carbons (Fsp3) is 0.0345. The molecule has 0 unspecified atom stereocenters. The van der Waals surface area contributed by atoms with Gasteiger partial charge in [0.1, 0.15) is 0 Å². The highest BCUT2D eigenvalue weighted by Crippen LogP contribution is 2.42. The van der Waals surface area contributed by atoms with E-state index in [0.29, 0.717) is 0 Å². The standard InChI is InChI=1S/C29H18BrNS/c30-29-14-13-28(32-29)18-9-11-22-19(15-18)16-20-17-21(10-12-23(20)22)31-26-7-3-1-5-24(26)25-6-2-4-8-27(25)31/h1-15,17H,16H2. The predicted octanol–water partition coefficient (Wildman–Crippen LogP) is 8.85. The molecule has 152 valence electrons. The van der Waals surface area contributed by atoms with Crippen molar-refractivity contribution in [3.8, 4) is 27.3 Å². The highest BCUT2D eigenvalue weighted by atomic mass is 79.9. The van der Waals surface area contributed by atoms with E-state index in [1.807, 2.05) is 0 Å². The number of halogens is 1. The van der Waals surface area contributed by atoms with Crippen molar-refractivity contribution < 1.29 is 0 Å². The van der Waals surface area contributed by atoms with Gasteiger partial charge in [0.25, 0.3) is 0 Å². The Morgan fingerprint density at radius 3 is 2.00 bits per heavy atom. The lowest BCUT2D eigenvalue weighted by Crippen LogP contribution is -1.95. The summed E-state index contributed by atoms with van der Waals surface area (Å²) in [4.78, 5) is 1.31. The van der Waals surface area contributed by atoms with E-state index < -0.39 is 0 Å². The monoisotopic (exact) mass is 491 g/mol. The predicted molar refractivity (Wildman–Crippen MR) is 140 cm³/mol. The van der Waals surface area contributed by atoms with Gasteiger partial charge < -0.3 is 4.57 Å². The molecular formula is C29H18BrNS. The third kappa shape index (κ3) is 2.68. The van der Waals surface area contributed by atoms with E-state index in [4.69, 9.17) is 0 Å². The second kappa shape index (κ2) is 6.93. The summed E-state index contributed by atoms with van der Waals surface area (Å²) in [7, 11) is 0. The fourth-order valence-electron chi connectivity index (χ4n) is 5.16. The lowest BCUT2D eigenvalue weighted by Gasteiger charge is -2.10. The van der Waals surface area contributed by atoms with Gasteiger partial charge in [0, 0.05) is 21.3 Å². The van der Waals surface area contributed by atoms with Gasteiger partial charge in [-0.1, -0.05) is 54.6 Å². The van der Waals surface area contributed by atoms with Crippen LogP contribution in [0.1, 0.15) is 11.1 Å². The van der Waals surface area contributed by atoms with Crippen molar-refractivity contribution in [2.45, 2.75) is 6.42 Å². The van der Waals surface area contributed by atoms with Gasteiger partial charge in [-0.15, -0.1) is 11.3 Å². The van der Waals surface area contributed by atoms with Crippen LogP contribution in [-0.4, -0.2) is 4.57 Å². The first-order valence-corrected chi connectivity index (χ1v) is 12.4. The van der Waals surface area contributed by atoms with Gasteiger partial charge in [-0.25, -0.2) is 0 Å². The maximum Gasteiger partial charge on any atom is 0.0705 e. The van der Waals surface area contributed by atoms with E-state index >= 15 is 0 Å². The number of nitrogens with zero attached hydrogens (tertiary/aromatic N) is 1. The maximum absolute atomic E-state index is 3.59. The number of para-hydroxylation sites is 2. The second-order valence-corrected chi connectivity index (χ2v) is 10.8. The Morgan fingerprint density at radius 2 is 1.31 bits per heavy atom. The largest absolute Gasteiger partial charge is 0.309 e. The molecule has 0 spiro atoms. The van der Waals surface area contributed by atoms with Crippen LogP contribution in [-0.2, 0) is 6.42 Å². The summed E-state index contributed by atoms with van der Waals surface area (Å²) in [5, 5.41) is 2.61. The quantitative estimate of drug-likeness (QED) is 0.227. The van der Waals surface area contributed by atoms with Gasteiger partial charge in [0.2, 0.25) is 0 Å². The van der Waals surface area contributed by atoms with Gasteiger partial charge in [0.05, 0.1) is 14.8 Å². The molecule has 1 nitrogen and oxygen atoms in total. The van der Waals surface area contributed by atoms with Crippen molar-refractivity contribution >= 4 is 49.1 Å². The molecule has 0 fully saturated rings. The average molecular weight is 492 g/mol. The van der Waals surface area contributed by atoms with E-state index in [1.54, 1.807) is 11.3 Å². The first-order valence-electron chi connectivity index (χ1n) is 10.8. The Balaban J connectivity index is 1.37. The van der Waals surface area contributed by atoms with Crippen LogP contribution < -0.4 is 0 Å². The second-order valence-electron chi connectivity index (χ2n) is 8.36. The summed E-state index contributed by atoms with van der Waals surface area (Å²) in [6.07, 6.45) is 0.982. The van der Waals surface area contributed by atoms with Crippen LogP contribution in [0.4, 0.5) is 0 Å². The Labute approximate surface area is 198 Å². The van der Waals surface area contributed by atoms with Gasteiger partial charge in [-0.3, -0.25) is 0 Å². The molecule has 1 aliphatic carbocycles. The Bertz CT molecular complexity index is 1620. The number of rotatable bonds is 2. The minimum atomic E-state index is 0.982. The van der Waals surface area contributed by atoms with Crippen molar-refractivity contribution in [3.63, 3.8) is 0 Å². The van der Waals surface area contributed by atoms with Crippen LogP contribution in [0.15, 0.2) is 101 Å². The van der Waals surface area contributed by atoms with Crippen LogP contribution in [0.25, 0.3) is 49.1 Å². The molecule has 1 aliphatic rings. The summed E-state index contributed by atoms with van der Waals surface area (Å²) in [5.74, 6) is 0. The van der Waals surface area contributed by atoms with Crippen LogP contribution in [0.3, 0.4) is 0 Å². The lowest BCUT2D eigenvalue weighted by atomic mass is 10.0. The molecule has 2 aromatic heterocycles. The first-order chi connectivity index (χ1) is 15.8. The zero-order chi connectivity index (χ0) is 21.2. The molecule has 0 saturated carbocycles. The van der Waals surface area contributed by atoms with E-state index in [-0.39, 0.29) is 0 Å². The molecular weight excluding hydrogens is 474 g/mol. The summed E-state index contributed by atoms with van der Waals surface area (Å²) in [5.41, 5.74) is 10.6. The van der Waals surface area contributed by atoms with Crippen molar-refractivity contribution in [1.29, 1.82) is 0 Å². The van der Waals surface area contributed by atoms with E-state index in [2.05, 4.69) is 118 Å². The third-order valence-electron chi connectivity index (χ3n) is 6.56. The van der Waals surface area contributed by atoms with Crippen molar-refractivity contribution in [1.82, 2.24) is 4.57 Å². The molecule has 0 amide bonds. The Hall–Kier alpha value is -3.14. The minimum Gasteiger partial charge on any atom is -0.309 e. The topological polar surface area (TPSA) is 4.93 Å². The number of benzene rings is 4. The van der Waals surface area contributed by atoms with Crippen LogP contribution in [0, 0.1) is 0 Å². The molecule has 4 aromatic carbocycles. The zero-order valence-electron chi connectivity index (χ0n) is 17.2. The smallest absolute Gasteiger partial charge is 0.0705 e. The van der Waals surface area contributed by atoms with Crippen LogP contribution >= 0.6 is 27.3 Å². The van der Waals surface area contributed by atoms with E-state index in [0.717, 1.165) is 6.42 Å². The van der Waals surface area contributed by atoms with Crippen molar-refractivity contribution in [2.24, 2.45) is 0 Å². The number of fused-ring (bicyclic) bond motifs is 6. The molecule has 0 radical (unpaired) electrons. The van der Waals surface area contributed by atoms with Gasteiger partial charge >= 0.3 is 0 Å². The number of hydrogen-bond donors (Lipinski definition) is 0. The third-order valence-corrected chi connectivity index (χ3v) is 8.23. The SMILES string of the molecule is Brc1ccc(-c2ccc3c(c2)Cc2cc(-n4c5ccccc5c5ccccc54)ccc2-3)s1. The Morgan fingerprint density at radius 1 is 0.656 bits per heavy atom. The summed E-state index contributed by atoms with van der Waals surface area (Å²) in [6.45, 7) is 0. The highest BCUT2D eigenvalue weighted by Gasteiger charge is 2.21. The summed E-state index contributed by atoms with van der Waals surface area (Å²) < 4.78 is 3.58. The highest BCUT2D eigenvalue weighted by molar-refractivity contribution is 9.11. The van der Waals surface area contributed by atoms with Crippen molar-refractivity contribution in [2.75, 3.05) is 0 Å². The first kappa shape index (κ1) is 18.4. The Kier molecular flexibility index (Phi) is 3.99. The molecule has 0 N–H and O–H groups in total. The maximum atomic E-state index is 3.59. The lowest BCUT2D eigenvalue weighted by molar-refractivity contribution is 1.16. The summed E-state index contributed by atoms with van der Waals surface area (Å²) >= 11 is 5.38. The fourth-order valence-corrected chi connectivity index (χ4v) is 6.54. The van der Waals surface area contributed by atoms with Crippen molar-refractivity contribution in [3.05, 3.63) is 112 Å². The average Bonchev–Trinajstić information content (AvgIpc) is 3.51. The number of hydrogen-bond acceptors (Lipinski definition) is 1.